The van der Waals surface area contributed by atoms with Crippen LogP contribution >= 0.6 is 11.8 Å². The van der Waals surface area contributed by atoms with Crippen molar-refractivity contribution in [2.45, 2.75) is 16.7 Å². The number of nitrogens with zero attached hydrogens (tertiary/aromatic N) is 1. The number of nitrogens with one attached hydrogen (secondary N) is 2. The summed E-state index contributed by atoms with van der Waals surface area (Å²) < 4.78 is 27.1. The van der Waals surface area contributed by atoms with E-state index in [0.717, 1.165) is 4.90 Å². The van der Waals surface area contributed by atoms with Gasteiger partial charge in [-0.1, -0.05) is 24.3 Å². The lowest BCUT2D eigenvalue weighted by molar-refractivity contribution is -0.114. The molecule has 3 rings (SSSR count). The van der Waals surface area contributed by atoms with Crippen molar-refractivity contribution in [3.05, 3.63) is 78.9 Å². The molecule has 0 unspecified atom stereocenters. The maximum absolute atomic E-state index is 13.0. The normalized spacial score (nSPS) is 10.9. The smallest absolute Gasteiger partial charge is 0.264 e. The highest BCUT2D eigenvalue weighted by Crippen LogP contribution is 2.24. The van der Waals surface area contributed by atoms with Crippen LogP contribution < -0.4 is 14.9 Å². The summed E-state index contributed by atoms with van der Waals surface area (Å²) in [7, 11) is -2.28. The van der Waals surface area contributed by atoms with E-state index in [1.54, 1.807) is 48.5 Å². The molecule has 3 aromatic carbocycles. The molecule has 2 amide bonds. The van der Waals surface area contributed by atoms with Gasteiger partial charge in [-0.05, 0) is 54.6 Å². The predicted molar refractivity (Wildman–Crippen MR) is 129 cm³/mol. The second-order valence-electron chi connectivity index (χ2n) is 6.88. The fourth-order valence-electron chi connectivity index (χ4n) is 2.85. The molecule has 0 aliphatic rings. The van der Waals surface area contributed by atoms with Crippen molar-refractivity contribution < 1.29 is 18.0 Å². The molecule has 32 heavy (non-hydrogen) atoms. The van der Waals surface area contributed by atoms with Gasteiger partial charge in [-0.25, -0.2) is 8.42 Å². The number of rotatable bonds is 8. The summed E-state index contributed by atoms with van der Waals surface area (Å²) in [6, 6.07) is 22.1. The summed E-state index contributed by atoms with van der Waals surface area (Å²) in [5.74, 6) is -0.253. The number of anilines is 3. The van der Waals surface area contributed by atoms with Crippen LogP contribution in [0.3, 0.4) is 0 Å². The highest BCUT2D eigenvalue weighted by atomic mass is 32.2. The Morgan fingerprint density at radius 3 is 2.22 bits per heavy atom. The summed E-state index contributed by atoms with van der Waals surface area (Å²) in [6.07, 6.45) is 0. The Morgan fingerprint density at radius 2 is 1.56 bits per heavy atom. The van der Waals surface area contributed by atoms with Crippen LogP contribution in [-0.2, 0) is 19.6 Å². The monoisotopic (exact) mass is 469 g/mol. The van der Waals surface area contributed by atoms with E-state index in [-0.39, 0.29) is 22.5 Å². The average Bonchev–Trinajstić information content (AvgIpc) is 2.78. The molecule has 0 spiro atoms. The first-order valence-electron chi connectivity index (χ1n) is 9.70. The molecule has 0 aliphatic heterocycles. The maximum Gasteiger partial charge on any atom is 0.264 e. The minimum Gasteiger partial charge on any atom is -0.326 e. The molecule has 0 radical (unpaired) electrons. The van der Waals surface area contributed by atoms with Gasteiger partial charge in [-0.15, -0.1) is 11.8 Å². The van der Waals surface area contributed by atoms with Gasteiger partial charge in [0.1, 0.15) is 0 Å². The highest BCUT2D eigenvalue weighted by molar-refractivity contribution is 8.00. The number of carbonyl (C=O) groups is 2. The van der Waals surface area contributed by atoms with Crippen molar-refractivity contribution in [1.29, 1.82) is 0 Å². The van der Waals surface area contributed by atoms with Crippen molar-refractivity contribution in [3.63, 3.8) is 0 Å². The zero-order valence-electron chi connectivity index (χ0n) is 17.6. The highest BCUT2D eigenvalue weighted by Gasteiger charge is 2.21. The Balaban J connectivity index is 1.63. The van der Waals surface area contributed by atoms with E-state index in [1.807, 2.05) is 18.2 Å². The van der Waals surface area contributed by atoms with E-state index in [4.69, 9.17) is 0 Å². The Bertz CT molecular complexity index is 1200. The van der Waals surface area contributed by atoms with Gasteiger partial charge in [0.25, 0.3) is 10.0 Å². The number of carbonyl (C=O) groups excluding carboxylic acids is 2. The fourth-order valence-corrected chi connectivity index (χ4v) is 4.79. The van der Waals surface area contributed by atoms with Crippen LogP contribution in [-0.4, -0.2) is 33.0 Å². The molecular weight excluding hydrogens is 446 g/mol. The van der Waals surface area contributed by atoms with Gasteiger partial charge in [0, 0.05) is 30.2 Å². The van der Waals surface area contributed by atoms with Crippen LogP contribution in [0.25, 0.3) is 0 Å². The van der Waals surface area contributed by atoms with Gasteiger partial charge in [0.05, 0.1) is 16.3 Å². The Kier molecular flexibility index (Phi) is 7.55. The second-order valence-corrected chi connectivity index (χ2v) is 9.90. The number of sulfonamides is 1. The Morgan fingerprint density at radius 1 is 0.875 bits per heavy atom. The lowest BCUT2D eigenvalue weighted by Gasteiger charge is -2.19. The lowest BCUT2D eigenvalue weighted by atomic mass is 10.3. The van der Waals surface area contributed by atoms with E-state index in [9.17, 15) is 18.0 Å². The SMILES string of the molecule is CC(=O)Nc1ccc(SCC(=O)Nc2cccc(S(=O)(=O)N(C)c3ccccc3)c2)cc1. The quantitative estimate of drug-likeness (QED) is 0.482. The summed E-state index contributed by atoms with van der Waals surface area (Å²) >= 11 is 1.34. The number of benzene rings is 3. The third-order valence-corrected chi connectivity index (χ3v) is 7.23. The van der Waals surface area contributed by atoms with Crippen molar-refractivity contribution in [3.8, 4) is 0 Å². The van der Waals surface area contributed by atoms with E-state index >= 15 is 0 Å². The van der Waals surface area contributed by atoms with Crippen molar-refractivity contribution in [2.75, 3.05) is 27.7 Å². The molecule has 0 aliphatic carbocycles. The van der Waals surface area contributed by atoms with Gasteiger partial charge in [-0.3, -0.25) is 13.9 Å². The average molecular weight is 470 g/mol. The molecular formula is C23H23N3O4S2. The molecule has 2 N–H and O–H groups in total. The van der Waals surface area contributed by atoms with Crippen LogP contribution in [0.5, 0.6) is 0 Å². The Labute approximate surface area is 191 Å². The third kappa shape index (κ3) is 6.12. The predicted octanol–water partition coefficient (Wildman–Crippen LogP) is 4.20. The number of hydrogen-bond donors (Lipinski definition) is 2. The van der Waals surface area contributed by atoms with Gasteiger partial charge in [-0.2, -0.15) is 0 Å². The maximum atomic E-state index is 13.0. The molecule has 0 atom stereocenters. The van der Waals surface area contributed by atoms with Gasteiger partial charge >= 0.3 is 0 Å². The first-order chi connectivity index (χ1) is 15.3. The zero-order chi connectivity index (χ0) is 23.1. The molecule has 9 heteroatoms. The van der Waals surface area contributed by atoms with Crippen LogP contribution in [0.1, 0.15) is 6.92 Å². The summed E-state index contributed by atoms with van der Waals surface area (Å²) in [5.41, 5.74) is 1.63. The first kappa shape index (κ1) is 23.4. The van der Waals surface area contributed by atoms with Gasteiger partial charge in [0.2, 0.25) is 11.8 Å². The van der Waals surface area contributed by atoms with Crippen molar-refractivity contribution in [2.24, 2.45) is 0 Å². The van der Waals surface area contributed by atoms with Gasteiger partial charge in [0.15, 0.2) is 0 Å². The molecule has 0 bridgehead atoms. The van der Waals surface area contributed by atoms with E-state index in [0.29, 0.717) is 17.1 Å². The molecule has 0 saturated heterocycles. The third-order valence-electron chi connectivity index (χ3n) is 4.44. The first-order valence-corrected chi connectivity index (χ1v) is 12.1. The number of thioether (sulfide) groups is 1. The molecule has 3 aromatic rings. The fraction of sp³-hybridized carbons (Fsp3) is 0.130. The molecule has 0 saturated carbocycles. The minimum atomic E-state index is -3.77. The molecule has 0 fully saturated rings. The van der Waals surface area contributed by atoms with Crippen molar-refractivity contribution in [1.82, 2.24) is 0 Å². The van der Waals surface area contributed by atoms with E-state index in [2.05, 4.69) is 10.6 Å². The van der Waals surface area contributed by atoms with Crippen LogP contribution in [0.4, 0.5) is 17.1 Å². The topological polar surface area (TPSA) is 95.6 Å². The van der Waals surface area contributed by atoms with Crippen LogP contribution in [0.2, 0.25) is 0 Å². The summed E-state index contributed by atoms with van der Waals surface area (Å²) in [5, 5.41) is 5.43. The molecule has 7 nitrogen and oxygen atoms in total. The van der Waals surface area contributed by atoms with Gasteiger partial charge < -0.3 is 10.6 Å². The Hall–Kier alpha value is -3.30. The minimum absolute atomic E-state index is 0.0860. The molecule has 166 valence electrons. The van der Waals surface area contributed by atoms with Crippen LogP contribution in [0.15, 0.2) is 88.7 Å². The second kappa shape index (κ2) is 10.3. The summed E-state index contributed by atoms with van der Waals surface area (Å²) in [6.45, 7) is 1.44. The van der Waals surface area contributed by atoms with E-state index < -0.39 is 10.0 Å². The number of para-hydroxylation sites is 1. The lowest BCUT2D eigenvalue weighted by Crippen LogP contribution is -2.26. The number of hydrogen-bond acceptors (Lipinski definition) is 5. The van der Waals surface area contributed by atoms with Crippen LogP contribution in [0, 0.1) is 0 Å². The molecule has 0 heterocycles. The van der Waals surface area contributed by atoms with Crippen molar-refractivity contribution >= 4 is 50.7 Å². The molecule has 0 aromatic heterocycles. The largest absolute Gasteiger partial charge is 0.326 e. The number of amides is 2. The standard InChI is InChI=1S/C23H23N3O4S2/c1-17(27)24-18-11-13-21(14-12-18)31-16-23(28)25-19-7-6-10-22(15-19)32(29,30)26(2)20-8-4-3-5-9-20/h3-15H,16H2,1-2H3,(H,24,27)(H,25,28). The van der Waals surface area contributed by atoms with E-state index in [1.165, 1.54) is 42.2 Å². The summed E-state index contributed by atoms with van der Waals surface area (Å²) in [4.78, 5) is 24.4. The zero-order valence-corrected chi connectivity index (χ0v) is 19.2.